The Morgan fingerprint density at radius 1 is 1.29 bits per heavy atom. The number of H-pyrrole nitrogens is 2. The average Bonchev–Trinajstić information content (AvgIpc) is 3.13. The number of likely N-dealkylation sites (tertiary alicyclic amines) is 1. The smallest absolute Gasteiger partial charge is 0.270 e. The van der Waals surface area contributed by atoms with E-state index in [1.807, 2.05) is 17.0 Å². The molecule has 1 saturated heterocycles. The highest BCUT2D eigenvalue weighted by Crippen LogP contribution is 2.27. The van der Waals surface area contributed by atoms with Crippen molar-refractivity contribution >= 4 is 16.8 Å². The Bertz CT molecular complexity index is 857. The van der Waals surface area contributed by atoms with Crippen LogP contribution in [0.3, 0.4) is 0 Å². The lowest BCUT2D eigenvalue weighted by molar-refractivity contribution is 0.0593. The molecule has 124 valence electrons. The molecule has 0 saturated carbocycles. The highest BCUT2D eigenvalue weighted by atomic mass is 16.2. The van der Waals surface area contributed by atoms with E-state index in [-0.39, 0.29) is 5.91 Å². The predicted molar refractivity (Wildman–Crippen MR) is 94.1 cm³/mol. The molecule has 2 aromatic heterocycles. The summed E-state index contributed by atoms with van der Waals surface area (Å²) in [5.74, 6) is 1.07. The number of fused-ring (bicyclic) bond motifs is 1. The van der Waals surface area contributed by atoms with E-state index in [1.165, 1.54) is 5.56 Å². The zero-order chi connectivity index (χ0) is 16.7. The summed E-state index contributed by atoms with van der Waals surface area (Å²) in [7, 11) is 0. The minimum absolute atomic E-state index is 0.0763. The fourth-order valence-corrected chi connectivity index (χ4v) is 3.39. The number of amides is 1. The number of rotatable bonds is 4. The summed E-state index contributed by atoms with van der Waals surface area (Å²) in [5, 5.41) is 8.06. The number of carbonyl (C=O) groups excluding carboxylic acids is 1. The molecule has 0 spiro atoms. The van der Waals surface area contributed by atoms with E-state index in [1.54, 1.807) is 6.20 Å². The highest BCUT2D eigenvalue weighted by molar-refractivity contribution is 5.98. The fraction of sp³-hybridized carbons (Fsp3) is 0.368. The van der Waals surface area contributed by atoms with Gasteiger partial charge in [0.1, 0.15) is 5.69 Å². The number of aromatic amines is 2. The van der Waals surface area contributed by atoms with Gasteiger partial charge in [0.2, 0.25) is 0 Å². The standard InChI is InChI=1S/C19H22N4O/c1-12(2)7-13-3-4-14-9-18(21-17(14)8-13)19(24)23-10-15(11-23)16-5-6-20-22-16/h3-6,8-9,12,15,21H,7,10-11H2,1-2H3,(H,20,22). The van der Waals surface area contributed by atoms with Gasteiger partial charge in [-0.1, -0.05) is 26.0 Å². The average molecular weight is 322 g/mol. The van der Waals surface area contributed by atoms with Gasteiger partial charge in [-0.25, -0.2) is 0 Å². The summed E-state index contributed by atoms with van der Waals surface area (Å²) in [6.07, 6.45) is 2.81. The van der Waals surface area contributed by atoms with Crippen molar-refractivity contribution in [2.45, 2.75) is 26.2 Å². The fourth-order valence-electron chi connectivity index (χ4n) is 3.39. The first-order valence-electron chi connectivity index (χ1n) is 8.50. The van der Waals surface area contributed by atoms with Crippen molar-refractivity contribution in [3.8, 4) is 0 Å². The van der Waals surface area contributed by atoms with Crippen LogP contribution in [0.2, 0.25) is 0 Å². The van der Waals surface area contributed by atoms with Crippen molar-refractivity contribution in [2.24, 2.45) is 5.92 Å². The van der Waals surface area contributed by atoms with E-state index in [9.17, 15) is 4.79 Å². The van der Waals surface area contributed by atoms with Crippen LogP contribution in [-0.4, -0.2) is 39.1 Å². The molecule has 0 bridgehead atoms. The van der Waals surface area contributed by atoms with Gasteiger partial charge in [0.05, 0.1) is 0 Å². The van der Waals surface area contributed by atoms with Crippen LogP contribution in [0.15, 0.2) is 36.5 Å². The maximum absolute atomic E-state index is 12.6. The SMILES string of the molecule is CC(C)Cc1ccc2cc(C(=O)N3CC(c4ccn[nH]4)C3)[nH]c2c1. The molecular weight excluding hydrogens is 300 g/mol. The van der Waals surface area contributed by atoms with Gasteiger partial charge >= 0.3 is 0 Å². The lowest BCUT2D eigenvalue weighted by Crippen LogP contribution is -2.48. The van der Waals surface area contributed by atoms with Gasteiger partial charge in [0.25, 0.3) is 5.91 Å². The highest BCUT2D eigenvalue weighted by Gasteiger charge is 2.33. The molecule has 3 heterocycles. The lowest BCUT2D eigenvalue weighted by Gasteiger charge is -2.38. The molecule has 4 rings (SSSR count). The zero-order valence-corrected chi connectivity index (χ0v) is 14.0. The number of hydrogen-bond donors (Lipinski definition) is 2. The number of aromatic nitrogens is 3. The van der Waals surface area contributed by atoms with E-state index in [4.69, 9.17) is 0 Å². The molecule has 0 radical (unpaired) electrons. The minimum atomic E-state index is 0.0763. The Hall–Kier alpha value is -2.56. The van der Waals surface area contributed by atoms with Crippen molar-refractivity contribution in [3.05, 3.63) is 53.5 Å². The Balaban J connectivity index is 1.49. The molecule has 1 amide bonds. The molecule has 2 N–H and O–H groups in total. The van der Waals surface area contributed by atoms with Crippen LogP contribution < -0.4 is 0 Å². The third-order valence-electron chi connectivity index (χ3n) is 4.69. The largest absolute Gasteiger partial charge is 0.351 e. The lowest BCUT2D eigenvalue weighted by atomic mass is 9.96. The summed E-state index contributed by atoms with van der Waals surface area (Å²) in [5.41, 5.74) is 4.13. The van der Waals surface area contributed by atoms with E-state index >= 15 is 0 Å². The molecule has 0 unspecified atom stereocenters. The molecule has 0 atom stereocenters. The molecule has 0 aliphatic carbocycles. The van der Waals surface area contributed by atoms with E-state index in [0.29, 0.717) is 17.5 Å². The van der Waals surface area contributed by atoms with Crippen LogP contribution in [-0.2, 0) is 6.42 Å². The van der Waals surface area contributed by atoms with Crippen LogP contribution in [0.25, 0.3) is 10.9 Å². The van der Waals surface area contributed by atoms with Crippen molar-refractivity contribution in [1.82, 2.24) is 20.1 Å². The Kier molecular flexibility index (Phi) is 3.63. The van der Waals surface area contributed by atoms with Crippen LogP contribution in [0.1, 0.15) is 41.5 Å². The first-order valence-corrected chi connectivity index (χ1v) is 8.50. The number of benzene rings is 1. The Morgan fingerprint density at radius 2 is 2.12 bits per heavy atom. The van der Waals surface area contributed by atoms with E-state index in [0.717, 1.165) is 36.1 Å². The predicted octanol–water partition coefficient (Wildman–Crippen LogP) is 3.33. The molecule has 5 heteroatoms. The summed E-state index contributed by atoms with van der Waals surface area (Å²) in [4.78, 5) is 17.8. The second-order valence-electron chi connectivity index (χ2n) is 7.12. The van der Waals surface area contributed by atoms with Crippen molar-refractivity contribution in [1.29, 1.82) is 0 Å². The molecule has 1 aliphatic rings. The van der Waals surface area contributed by atoms with Gasteiger partial charge in [0.15, 0.2) is 0 Å². The van der Waals surface area contributed by atoms with Crippen LogP contribution in [0.4, 0.5) is 0 Å². The summed E-state index contributed by atoms with van der Waals surface area (Å²) in [6.45, 7) is 5.92. The number of nitrogens with zero attached hydrogens (tertiary/aromatic N) is 2. The van der Waals surface area contributed by atoms with E-state index in [2.05, 4.69) is 47.2 Å². The van der Waals surface area contributed by atoms with Crippen molar-refractivity contribution in [2.75, 3.05) is 13.1 Å². The van der Waals surface area contributed by atoms with Crippen LogP contribution in [0.5, 0.6) is 0 Å². The second kappa shape index (κ2) is 5.82. The quantitative estimate of drug-likeness (QED) is 0.774. The first-order chi connectivity index (χ1) is 11.6. The van der Waals surface area contributed by atoms with Crippen LogP contribution >= 0.6 is 0 Å². The maximum atomic E-state index is 12.6. The number of hydrogen-bond acceptors (Lipinski definition) is 2. The normalized spacial score (nSPS) is 15.2. The van der Waals surface area contributed by atoms with Gasteiger partial charge < -0.3 is 9.88 Å². The molecule has 5 nitrogen and oxygen atoms in total. The van der Waals surface area contributed by atoms with E-state index < -0.39 is 0 Å². The summed E-state index contributed by atoms with van der Waals surface area (Å²) >= 11 is 0. The summed E-state index contributed by atoms with van der Waals surface area (Å²) in [6, 6.07) is 10.4. The molecule has 1 aliphatic heterocycles. The Morgan fingerprint density at radius 3 is 2.83 bits per heavy atom. The Labute approximate surface area is 141 Å². The topological polar surface area (TPSA) is 64.8 Å². The third kappa shape index (κ3) is 2.70. The molecule has 1 aromatic carbocycles. The van der Waals surface area contributed by atoms with Crippen molar-refractivity contribution in [3.63, 3.8) is 0 Å². The van der Waals surface area contributed by atoms with Gasteiger partial charge in [-0.15, -0.1) is 0 Å². The monoisotopic (exact) mass is 322 g/mol. The molecule has 3 aromatic rings. The maximum Gasteiger partial charge on any atom is 0.270 e. The van der Waals surface area contributed by atoms with Crippen molar-refractivity contribution < 1.29 is 4.79 Å². The third-order valence-corrected chi connectivity index (χ3v) is 4.69. The first kappa shape index (κ1) is 15.0. The molecular formula is C19H22N4O. The second-order valence-corrected chi connectivity index (χ2v) is 7.12. The van der Waals surface area contributed by atoms with Crippen LogP contribution in [0, 0.1) is 5.92 Å². The van der Waals surface area contributed by atoms with Gasteiger partial charge in [-0.3, -0.25) is 9.89 Å². The molecule has 24 heavy (non-hydrogen) atoms. The van der Waals surface area contributed by atoms with Gasteiger partial charge in [0, 0.05) is 41.8 Å². The van der Waals surface area contributed by atoms with Gasteiger partial charge in [-0.05, 0) is 36.1 Å². The minimum Gasteiger partial charge on any atom is -0.351 e. The number of carbonyl (C=O) groups is 1. The number of nitrogens with one attached hydrogen (secondary N) is 2. The zero-order valence-electron chi connectivity index (χ0n) is 14.0. The molecule has 1 fully saturated rings. The van der Waals surface area contributed by atoms with Gasteiger partial charge in [-0.2, -0.15) is 5.10 Å². The summed E-state index contributed by atoms with van der Waals surface area (Å²) < 4.78 is 0.